The van der Waals surface area contributed by atoms with E-state index in [2.05, 4.69) is 0 Å². The van der Waals surface area contributed by atoms with Crippen LogP contribution in [0.4, 0.5) is 5.69 Å². The summed E-state index contributed by atoms with van der Waals surface area (Å²) in [5, 5.41) is 0. The van der Waals surface area contributed by atoms with Crippen LogP contribution < -0.4 is 14.4 Å². The molecule has 1 atom stereocenters. The molecule has 1 aromatic rings. The molecule has 2 saturated heterocycles. The number of likely N-dealkylation sites (tertiary alicyclic amines) is 1. The zero-order valence-corrected chi connectivity index (χ0v) is 15.7. The van der Waals surface area contributed by atoms with Crippen molar-refractivity contribution in [1.82, 2.24) is 4.90 Å². The van der Waals surface area contributed by atoms with Crippen molar-refractivity contribution >= 4 is 17.5 Å². The standard InChI is InChI=1S/C20H28N2O4/c1-25-16-8-9-17(18(13-16)26-2)22-14-15(12-19(22)23)20(24)21-10-6-4-3-5-7-11-21/h8-9,13,15H,3-7,10-12,14H2,1-2H3. The first-order valence-corrected chi connectivity index (χ1v) is 9.45. The van der Waals surface area contributed by atoms with Crippen molar-refractivity contribution in [3.05, 3.63) is 18.2 Å². The van der Waals surface area contributed by atoms with E-state index in [1.807, 2.05) is 11.0 Å². The molecule has 6 nitrogen and oxygen atoms in total. The minimum Gasteiger partial charge on any atom is -0.497 e. The van der Waals surface area contributed by atoms with Crippen LogP contribution in [0.1, 0.15) is 38.5 Å². The molecule has 3 rings (SSSR count). The molecule has 6 heteroatoms. The summed E-state index contributed by atoms with van der Waals surface area (Å²) in [7, 11) is 3.16. The molecule has 0 aromatic heterocycles. The smallest absolute Gasteiger partial charge is 0.228 e. The SMILES string of the molecule is COc1ccc(N2CC(C(=O)N3CCCCCCC3)CC2=O)c(OC)c1. The molecule has 0 bridgehead atoms. The van der Waals surface area contributed by atoms with Gasteiger partial charge < -0.3 is 19.3 Å². The van der Waals surface area contributed by atoms with E-state index >= 15 is 0 Å². The Kier molecular flexibility index (Phi) is 6.01. The molecule has 2 aliphatic heterocycles. The van der Waals surface area contributed by atoms with E-state index in [1.54, 1.807) is 31.3 Å². The monoisotopic (exact) mass is 360 g/mol. The molecule has 2 aliphatic rings. The Balaban J connectivity index is 1.73. The summed E-state index contributed by atoms with van der Waals surface area (Å²) in [6.07, 6.45) is 6.01. The van der Waals surface area contributed by atoms with Crippen LogP contribution in [-0.2, 0) is 9.59 Å². The van der Waals surface area contributed by atoms with Gasteiger partial charge in [-0.3, -0.25) is 9.59 Å². The second kappa shape index (κ2) is 8.43. The van der Waals surface area contributed by atoms with Crippen LogP contribution in [0.25, 0.3) is 0 Å². The fraction of sp³-hybridized carbons (Fsp3) is 0.600. The highest BCUT2D eigenvalue weighted by Crippen LogP contribution is 2.36. The minimum absolute atomic E-state index is 0.0288. The molecule has 26 heavy (non-hydrogen) atoms. The fourth-order valence-corrected chi connectivity index (χ4v) is 3.84. The lowest BCUT2D eigenvalue weighted by Crippen LogP contribution is -2.39. The third-order valence-corrected chi connectivity index (χ3v) is 5.32. The van der Waals surface area contributed by atoms with Crippen molar-refractivity contribution in [3.8, 4) is 11.5 Å². The van der Waals surface area contributed by atoms with E-state index in [-0.39, 0.29) is 24.2 Å². The van der Waals surface area contributed by atoms with Crippen molar-refractivity contribution in [2.75, 3.05) is 38.8 Å². The molecular formula is C20H28N2O4. The molecule has 0 radical (unpaired) electrons. The lowest BCUT2D eigenvalue weighted by molar-refractivity contribution is -0.136. The van der Waals surface area contributed by atoms with Crippen LogP contribution in [-0.4, -0.2) is 50.6 Å². The van der Waals surface area contributed by atoms with Crippen LogP contribution in [0.3, 0.4) is 0 Å². The zero-order chi connectivity index (χ0) is 18.5. The fourth-order valence-electron chi connectivity index (χ4n) is 3.84. The molecule has 0 aliphatic carbocycles. The van der Waals surface area contributed by atoms with E-state index in [0.29, 0.717) is 23.7 Å². The quantitative estimate of drug-likeness (QED) is 0.828. The van der Waals surface area contributed by atoms with Crippen molar-refractivity contribution in [1.29, 1.82) is 0 Å². The lowest BCUT2D eigenvalue weighted by Gasteiger charge is -2.27. The van der Waals surface area contributed by atoms with Gasteiger partial charge in [0.05, 0.1) is 25.8 Å². The average Bonchev–Trinajstić information content (AvgIpc) is 3.02. The number of ether oxygens (including phenoxy) is 2. The Morgan fingerprint density at radius 3 is 2.38 bits per heavy atom. The van der Waals surface area contributed by atoms with Crippen LogP contribution in [0, 0.1) is 5.92 Å². The summed E-state index contributed by atoms with van der Waals surface area (Å²) in [6, 6.07) is 5.38. The Labute approximate surface area is 155 Å². The number of hydrogen-bond acceptors (Lipinski definition) is 4. The lowest BCUT2D eigenvalue weighted by atomic mass is 10.0. The summed E-state index contributed by atoms with van der Waals surface area (Å²) in [5.41, 5.74) is 0.696. The van der Waals surface area contributed by atoms with Gasteiger partial charge in [-0.05, 0) is 25.0 Å². The van der Waals surface area contributed by atoms with Crippen molar-refractivity contribution in [2.24, 2.45) is 5.92 Å². The molecular weight excluding hydrogens is 332 g/mol. The number of methoxy groups -OCH3 is 2. The average molecular weight is 360 g/mol. The number of carbonyl (C=O) groups excluding carboxylic acids is 2. The van der Waals surface area contributed by atoms with Gasteiger partial charge in [0.1, 0.15) is 11.5 Å². The van der Waals surface area contributed by atoms with E-state index < -0.39 is 0 Å². The van der Waals surface area contributed by atoms with E-state index in [9.17, 15) is 9.59 Å². The van der Waals surface area contributed by atoms with Gasteiger partial charge in [-0.15, -0.1) is 0 Å². The molecule has 142 valence electrons. The number of benzene rings is 1. The van der Waals surface area contributed by atoms with E-state index in [0.717, 1.165) is 25.9 Å². The summed E-state index contributed by atoms with van der Waals surface area (Å²) in [4.78, 5) is 29.2. The minimum atomic E-state index is -0.270. The van der Waals surface area contributed by atoms with Gasteiger partial charge in [-0.1, -0.05) is 19.3 Å². The Bertz CT molecular complexity index is 653. The number of hydrogen-bond donors (Lipinski definition) is 0. The maximum atomic E-state index is 12.9. The van der Waals surface area contributed by atoms with Gasteiger partial charge in [-0.25, -0.2) is 0 Å². The Hall–Kier alpha value is -2.24. The first-order valence-electron chi connectivity index (χ1n) is 9.45. The number of rotatable bonds is 4. The van der Waals surface area contributed by atoms with Gasteiger partial charge in [-0.2, -0.15) is 0 Å². The molecule has 1 unspecified atom stereocenters. The third kappa shape index (κ3) is 3.94. The number of anilines is 1. The van der Waals surface area contributed by atoms with Crippen LogP contribution >= 0.6 is 0 Å². The Morgan fingerprint density at radius 2 is 1.73 bits per heavy atom. The maximum absolute atomic E-state index is 12.9. The van der Waals surface area contributed by atoms with Gasteiger partial charge in [0.2, 0.25) is 11.8 Å². The second-order valence-electron chi connectivity index (χ2n) is 7.04. The molecule has 2 fully saturated rings. The third-order valence-electron chi connectivity index (χ3n) is 5.32. The van der Waals surface area contributed by atoms with Gasteiger partial charge >= 0.3 is 0 Å². The number of amides is 2. The molecule has 0 saturated carbocycles. The molecule has 0 N–H and O–H groups in total. The molecule has 2 amide bonds. The van der Waals surface area contributed by atoms with E-state index in [4.69, 9.17) is 9.47 Å². The molecule has 2 heterocycles. The highest BCUT2D eigenvalue weighted by atomic mass is 16.5. The predicted molar refractivity (Wildman–Crippen MR) is 99.7 cm³/mol. The van der Waals surface area contributed by atoms with Crippen molar-refractivity contribution in [3.63, 3.8) is 0 Å². The topological polar surface area (TPSA) is 59.1 Å². The van der Waals surface area contributed by atoms with Crippen molar-refractivity contribution in [2.45, 2.75) is 38.5 Å². The zero-order valence-electron chi connectivity index (χ0n) is 15.7. The highest BCUT2D eigenvalue weighted by Gasteiger charge is 2.38. The first kappa shape index (κ1) is 18.5. The van der Waals surface area contributed by atoms with Crippen LogP contribution in [0.15, 0.2) is 18.2 Å². The normalized spacial score (nSPS) is 21.3. The second-order valence-corrected chi connectivity index (χ2v) is 7.04. The van der Waals surface area contributed by atoms with Crippen molar-refractivity contribution < 1.29 is 19.1 Å². The van der Waals surface area contributed by atoms with Crippen LogP contribution in [0.2, 0.25) is 0 Å². The Morgan fingerprint density at radius 1 is 1.04 bits per heavy atom. The summed E-state index contributed by atoms with van der Waals surface area (Å²) >= 11 is 0. The first-order chi connectivity index (χ1) is 12.6. The molecule has 1 aromatic carbocycles. The summed E-state index contributed by atoms with van der Waals surface area (Å²) < 4.78 is 10.6. The molecule has 0 spiro atoms. The summed E-state index contributed by atoms with van der Waals surface area (Å²) in [6.45, 7) is 2.04. The number of nitrogens with zero attached hydrogens (tertiary/aromatic N) is 2. The largest absolute Gasteiger partial charge is 0.497 e. The van der Waals surface area contributed by atoms with Gasteiger partial charge in [0, 0.05) is 32.1 Å². The van der Waals surface area contributed by atoms with Gasteiger partial charge in [0.15, 0.2) is 0 Å². The highest BCUT2D eigenvalue weighted by molar-refractivity contribution is 6.01. The number of carbonyl (C=O) groups is 2. The predicted octanol–water partition coefficient (Wildman–Crippen LogP) is 2.85. The summed E-state index contributed by atoms with van der Waals surface area (Å²) in [5.74, 6) is 1.07. The van der Waals surface area contributed by atoms with Crippen LogP contribution in [0.5, 0.6) is 11.5 Å². The van der Waals surface area contributed by atoms with Gasteiger partial charge in [0.25, 0.3) is 0 Å². The maximum Gasteiger partial charge on any atom is 0.228 e. The van der Waals surface area contributed by atoms with E-state index in [1.165, 1.54) is 19.3 Å².